The maximum absolute atomic E-state index is 12.9. The van der Waals surface area contributed by atoms with Gasteiger partial charge in [-0.05, 0) is 47.7 Å². The molecule has 3 aromatic rings. The van der Waals surface area contributed by atoms with Crippen LogP contribution < -0.4 is 10.6 Å². The number of para-hydroxylation sites is 1. The van der Waals surface area contributed by atoms with E-state index in [4.69, 9.17) is 0 Å². The number of benzene rings is 2. The molecule has 2 aromatic carbocycles. The number of aromatic nitrogens is 2. The van der Waals surface area contributed by atoms with Crippen molar-refractivity contribution in [1.82, 2.24) is 9.97 Å². The Morgan fingerprint density at radius 3 is 2.54 bits per heavy atom. The predicted molar refractivity (Wildman–Crippen MR) is 104 cm³/mol. The Bertz CT molecular complexity index is 847. The van der Waals surface area contributed by atoms with Crippen LogP contribution in [0.1, 0.15) is 30.9 Å². The van der Waals surface area contributed by atoms with Gasteiger partial charge < -0.3 is 10.6 Å². The highest BCUT2D eigenvalue weighted by Gasteiger charge is 2.07. The summed E-state index contributed by atoms with van der Waals surface area (Å²) in [5.74, 6) is 1.52. The van der Waals surface area contributed by atoms with E-state index in [-0.39, 0.29) is 5.82 Å². The van der Waals surface area contributed by atoms with Gasteiger partial charge in [-0.25, -0.2) is 9.37 Å². The Hall–Kier alpha value is -2.95. The van der Waals surface area contributed by atoms with E-state index in [2.05, 4.69) is 40.5 Å². The summed E-state index contributed by atoms with van der Waals surface area (Å²) in [5.41, 5.74) is 3.33. The number of hydrogen-bond donors (Lipinski definition) is 2. The standard InChI is InChI=1S/C21H23FN4/c1-15(2)18-5-3-4-6-19(18)25-21-24-14-12-20(26-21)23-13-11-16-7-9-17(22)10-8-16/h3-10,12,14-15H,11,13H2,1-2H3,(H2,23,24,25,26). The molecule has 0 radical (unpaired) electrons. The number of hydrogen-bond acceptors (Lipinski definition) is 4. The molecule has 0 saturated heterocycles. The zero-order valence-corrected chi connectivity index (χ0v) is 15.0. The van der Waals surface area contributed by atoms with Crippen molar-refractivity contribution in [2.24, 2.45) is 0 Å². The summed E-state index contributed by atoms with van der Waals surface area (Å²) in [4.78, 5) is 8.83. The minimum absolute atomic E-state index is 0.213. The lowest BCUT2D eigenvalue weighted by molar-refractivity contribution is 0.627. The van der Waals surface area contributed by atoms with Gasteiger partial charge in [-0.15, -0.1) is 0 Å². The van der Waals surface area contributed by atoms with E-state index in [0.717, 1.165) is 23.5 Å². The van der Waals surface area contributed by atoms with Gasteiger partial charge in [-0.1, -0.05) is 44.2 Å². The van der Waals surface area contributed by atoms with Crippen molar-refractivity contribution >= 4 is 17.5 Å². The fourth-order valence-corrected chi connectivity index (χ4v) is 2.74. The van der Waals surface area contributed by atoms with E-state index in [0.29, 0.717) is 18.4 Å². The lowest BCUT2D eigenvalue weighted by atomic mass is 10.0. The lowest BCUT2D eigenvalue weighted by Crippen LogP contribution is -2.08. The zero-order valence-electron chi connectivity index (χ0n) is 15.0. The first-order chi connectivity index (χ1) is 12.6. The van der Waals surface area contributed by atoms with Gasteiger partial charge in [0.15, 0.2) is 0 Å². The Morgan fingerprint density at radius 1 is 1.00 bits per heavy atom. The summed E-state index contributed by atoms with van der Waals surface area (Å²) in [6.45, 7) is 5.04. The van der Waals surface area contributed by atoms with Crippen molar-refractivity contribution in [1.29, 1.82) is 0 Å². The topological polar surface area (TPSA) is 49.8 Å². The number of nitrogens with one attached hydrogen (secondary N) is 2. The van der Waals surface area contributed by atoms with Crippen LogP contribution in [-0.2, 0) is 6.42 Å². The van der Waals surface area contributed by atoms with Crippen LogP contribution >= 0.6 is 0 Å². The third kappa shape index (κ3) is 4.79. The predicted octanol–water partition coefficient (Wildman–Crippen LogP) is 5.14. The van der Waals surface area contributed by atoms with Gasteiger partial charge in [0.2, 0.25) is 5.95 Å². The molecule has 0 aliphatic carbocycles. The van der Waals surface area contributed by atoms with E-state index >= 15 is 0 Å². The van der Waals surface area contributed by atoms with Crippen LogP contribution in [0.5, 0.6) is 0 Å². The zero-order chi connectivity index (χ0) is 18.4. The molecule has 0 spiro atoms. The average Bonchev–Trinajstić information content (AvgIpc) is 2.64. The molecule has 26 heavy (non-hydrogen) atoms. The first-order valence-electron chi connectivity index (χ1n) is 8.79. The molecule has 134 valence electrons. The van der Waals surface area contributed by atoms with Crippen molar-refractivity contribution in [3.05, 3.63) is 77.7 Å². The van der Waals surface area contributed by atoms with Crippen molar-refractivity contribution in [3.8, 4) is 0 Å². The summed E-state index contributed by atoms with van der Waals surface area (Å²) < 4.78 is 12.9. The van der Waals surface area contributed by atoms with E-state index in [1.807, 2.05) is 24.3 Å². The second kappa shape index (κ2) is 8.43. The molecular weight excluding hydrogens is 327 g/mol. The van der Waals surface area contributed by atoms with E-state index in [9.17, 15) is 4.39 Å². The molecule has 1 aromatic heterocycles. The number of nitrogens with zero attached hydrogens (tertiary/aromatic N) is 2. The molecule has 4 nitrogen and oxygen atoms in total. The first kappa shape index (κ1) is 17.9. The van der Waals surface area contributed by atoms with Gasteiger partial charge in [0, 0.05) is 18.4 Å². The van der Waals surface area contributed by atoms with Crippen LogP contribution in [-0.4, -0.2) is 16.5 Å². The Morgan fingerprint density at radius 2 is 1.77 bits per heavy atom. The molecule has 0 aliphatic heterocycles. The summed E-state index contributed by atoms with van der Waals surface area (Å²) in [6, 6.07) is 16.6. The average molecular weight is 350 g/mol. The van der Waals surface area contributed by atoms with E-state index in [1.54, 1.807) is 18.3 Å². The second-order valence-corrected chi connectivity index (χ2v) is 6.44. The van der Waals surface area contributed by atoms with Gasteiger partial charge in [0.25, 0.3) is 0 Å². The highest BCUT2D eigenvalue weighted by molar-refractivity contribution is 5.60. The first-order valence-corrected chi connectivity index (χ1v) is 8.79. The summed E-state index contributed by atoms with van der Waals surface area (Å²) >= 11 is 0. The molecule has 0 bridgehead atoms. The van der Waals surface area contributed by atoms with E-state index < -0.39 is 0 Å². The highest BCUT2D eigenvalue weighted by Crippen LogP contribution is 2.25. The fourth-order valence-electron chi connectivity index (χ4n) is 2.74. The minimum Gasteiger partial charge on any atom is -0.370 e. The second-order valence-electron chi connectivity index (χ2n) is 6.44. The molecule has 1 heterocycles. The van der Waals surface area contributed by atoms with Crippen molar-refractivity contribution in [2.45, 2.75) is 26.2 Å². The molecule has 0 atom stereocenters. The Labute approximate surface area is 153 Å². The largest absolute Gasteiger partial charge is 0.370 e. The van der Waals surface area contributed by atoms with Gasteiger partial charge in [0.05, 0.1) is 0 Å². The third-order valence-corrected chi connectivity index (χ3v) is 4.12. The Kier molecular flexibility index (Phi) is 5.79. The molecule has 0 fully saturated rings. The minimum atomic E-state index is -0.213. The molecule has 2 N–H and O–H groups in total. The van der Waals surface area contributed by atoms with Crippen LogP contribution in [0.3, 0.4) is 0 Å². The number of rotatable bonds is 7. The van der Waals surface area contributed by atoms with E-state index in [1.165, 1.54) is 17.7 Å². The summed E-state index contributed by atoms with van der Waals surface area (Å²) in [5, 5.41) is 6.59. The van der Waals surface area contributed by atoms with Crippen molar-refractivity contribution < 1.29 is 4.39 Å². The lowest BCUT2D eigenvalue weighted by Gasteiger charge is -2.14. The van der Waals surface area contributed by atoms with Gasteiger partial charge in [0.1, 0.15) is 11.6 Å². The van der Waals surface area contributed by atoms with Crippen molar-refractivity contribution in [3.63, 3.8) is 0 Å². The molecule has 0 amide bonds. The Balaban J connectivity index is 1.62. The van der Waals surface area contributed by atoms with Crippen LogP contribution in [0.2, 0.25) is 0 Å². The smallest absolute Gasteiger partial charge is 0.229 e. The molecular formula is C21H23FN4. The maximum atomic E-state index is 12.9. The summed E-state index contributed by atoms with van der Waals surface area (Å²) in [6.07, 6.45) is 2.52. The van der Waals surface area contributed by atoms with Gasteiger partial charge in [-0.3, -0.25) is 0 Å². The summed E-state index contributed by atoms with van der Waals surface area (Å²) in [7, 11) is 0. The highest BCUT2D eigenvalue weighted by atomic mass is 19.1. The molecule has 0 unspecified atom stereocenters. The van der Waals surface area contributed by atoms with Crippen molar-refractivity contribution in [2.75, 3.05) is 17.2 Å². The van der Waals surface area contributed by atoms with Crippen LogP contribution in [0.15, 0.2) is 60.8 Å². The molecule has 0 aliphatic rings. The van der Waals surface area contributed by atoms with Gasteiger partial charge >= 0.3 is 0 Å². The normalized spacial score (nSPS) is 10.8. The van der Waals surface area contributed by atoms with Gasteiger partial charge in [-0.2, -0.15) is 4.98 Å². The molecule has 3 rings (SSSR count). The molecule has 5 heteroatoms. The third-order valence-electron chi connectivity index (χ3n) is 4.12. The number of halogens is 1. The quantitative estimate of drug-likeness (QED) is 0.620. The monoisotopic (exact) mass is 350 g/mol. The molecule has 0 saturated carbocycles. The number of anilines is 3. The van der Waals surface area contributed by atoms with Crippen LogP contribution in [0.25, 0.3) is 0 Å². The maximum Gasteiger partial charge on any atom is 0.229 e. The fraction of sp³-hybridized carbons (Fsp3) is 0.238. The SMILES string of the molecule is CC(C)c1ccccc1Nc1nccc(NCCc2ccc(F)cc2)n1. The van der Waals surface area contributed by atoms with Crippen LogP contribution in [0.4, 0.5) is 21.8 Å². The van der Waals surface area contributed by atoms with Crippen LogP contribution in [0, 0.1) is 5.82 Å².